The summed E-state index contributed by atoms with van der Waals surface area (Å²) in [4.78, 5) is 6.71. The molecule has 134 valence electrons. The van der Waals surface area contributed by atoms with Gasteiger partial charge in [0.05, 0.1) is 24.2 Å². The van der Waals surface area contributed by atoms with Gasteiger partial charge in [-0.1, -0.05) is 18.2 Å². The molecule has 0 aliphatic carbocycles. The lowest BCUT2D eigenvalue weighted by molar-refractivity contribution is 0.0171. The smallest absolute Gasteiger partial charge is 0.240 e. The predicted molar refractivity (Wildman–Crippen MR) is 95.7 cm³/mol. The van der Waals surface area contributed by atoms with Crippen molar-refractivity contribution in [3.05, 3.63) is 59.9 Å². The summed E-state index contributed by atoms with van der Waals surface area (Å²) >= 11 is 0. The summed E-state index contributed by atoms with van der Waals surface area (Å²) < 4.78 is 33.4. The van der Waals surface area contributed by atoms with Crippen LogP contribution in [0.4, 0.5) is 0 Å². The van der Waals surface area contributed by atoms with Crippen molar-refractivity contribution in [2.45, 2.75) is 17.9 Å². The van der Waals surface area contributed by atoms with Crippen molar-refractivity contribution < 1.29 is 13.2 Å². The van der Waals surface area contributed by atoms with Gasteiger partial charge in [-0.3, -0.25) is 9.88 Å². The van der Waals surface area contributed by atoms with Crippen LogP contribution in [0.2, 0.25) is 0 Å². The van der Waals surface area contributed by atoms with Crippen molar-refractivity contribution in [3.8, 4) is 0 Å². The van der Waals surface area contributed by atoms with Gasteiger partial charge in [0.25, 0.3) is 0 Å². The van der Waals surface area contributed by atoms with E-state index in [1.54, 1.807) is 30.6 Å². The van der Waals surface area contributed by atoms with Gasteiger partial charge in [0, 0.05) is 32.0 Å². The Balaban J connectivity index is 1.78. The Morgan fingerprint density at radius 1 is 1.24 bits per heavy atom. The zero-order valence-electron chi connectivity index (χ0n) is 14.3. The van der Waals surface area contributed by atoms with E-state index in [4.69, 9.17) is 4.74 Å². The molecule has 0 bridgehead atoms. The average Bonchev–Trinajstić information content (AvgIpc) is 2.64. The lowest BCUT2D eigenvalue weighted by Crippen LogP contribution is -2.43. The van der Waals surface area contributed by atoms with E-state index in [0.717, 1.165) is 24.2 Å². The number of hydrogen-bond acceptors (Lipinski definition) is 5. The maximum atomic E-state index is 12.6. The third-order valence-corrected chi connectivity index (χ3v) is 5.74. The van der Waals surface area contributed by atoms with Crippen LogP contribution in [0.3, 0.4) is 0 Å². The molecule has 1 aromatic carbocycles. The second-order valence-corrected chi connectivity index (χ2v) is 7.89. The van der Waals surface area contributed by atoms with Gasteiger partial charge in [-0.25, -0.2) is 13.1 Å². The summed E-state index contributed by atoms with van der Waals surface area (Å²) in [5.74, 6) is 0. The van der Waals surface area contributed by atoms with Crippen molar-refractivity contribution in [3.63, 3.8) is 0 Å². The van der Waals surface area contributed by atoms with Crippen LogP contribution in [0, 0.1) is 6.92 Å². The summed E-state index contributed by atoms with van der Waals surface area (Å²) in [7, 11) is -3.55. The standard InChI is InChI=1S/C18H23N3O3S/c1-15-4-2-6-17(12-15)25(22,23)20-14-18(16-5-3-7-19-13-16)21-8-10-24-11-9-21/h2-7,12-13,18,20H,8-11,14H2,1H3. The summed E-state index contributed by atoms with van der Waals surface area (Å²) in [5, 5.41) is 0. The molecule has 1 N–H and O–H groups in total. The van der Waals surface area contributed by atoms with Gasteiger partial charge in [0.1, 0.15) is 0 Å². The van der Waals surface area contributed by atoms with Gasteiger partial charge in [-0.15, -0.1) is 0 Å². The molecule has 1 saturated heterocycles. The van der Waals surface area contributed by atoms with E-state index in [1.807, 2.05) is 25.1 Å². The van der Waals surface area contributed by atoms with Crippen LogP contribution in [-0.4, -0.2) is 51.1 Å². The number of hydrogen-bond donors (Lipinski definition) is 1. The monoisotopic (exact) mass is 361 g/mol. The molecule has 6 nitrogen and oxygen atoms in total. The molecule has 1 aromatic heterocycles. The Kier molecular flexibility index (Phi) is 5.80. The third-order valence-electron chi connectivity index (χ3n) is 4.32. The maximum Gasteiger partial charge on any atom is 0.240 e. The van der Waals surface area contributed by atoms with Crippen LogP contribution in [0.25, 0.3) is 0 Å². The first-order valence-corrected chi connectivity index (χ1v) is 9.83. The fourth-order valence-electron chi connectivity index (χ4n) is 2.97. The van der Waals surface area contributed by atoms with Crippen molar-refractivity contribution in [1.82, 2.24) is 14.6 Å². The minimum atomic E-state index is -3.55. The van der Waals surface area contributed by atoms with Gasteiger partial charge in [-0.05, 0) is 36.2 Å². The minimum absolute atomic E-state index is 0.0721. The Bertz CT molecular complexity index is 790. The highest BCUT2D eigenvalue weighted by molar-refractivity contribution is 7.89. The van der Waals surface area contributed by atoms with Gasteiger partial charge in [0.2, 0.25) is 10.0 Å². The lowest BCUT2D eigenvalue weighted by atomic mass is 10.1. The number of nitrogens with one attached hydrogen (secondary N) is 1. The number of pyridine rings is 1. The highest BCUT2D eigenvalue weighted by atomic mass is 32.2. The van der Waals surface area contributed by atoms with E-state index in [0.29, 0.717) is 24.7 Å². The Morgan fingerprint density at radius 3 is 2.72 bits per heavy atom. The van der Waals surface area contributed by atoms with E-state index in [2.05, 4.69) is 14.6 Å². The zero-order chi connectivity index (χ0) is 17.7. The van der Waals surface area contributed by atoms with Crippen LogP contribution in [0.15, 0.2) is 53.7 Å². The molecule has 1 fully saturated rings. The summed E-state index contributed by atoms with van der Waals surface area (Å²) in [6.45, 7) is 5.02. The van der Waals surface area contributed by atoms with Crippen LogP contribution < -0.4 is 4.72 Å². The highest BCUT2D eigenvalue weighted by Crippen LogP contribution is 2.21. The van der Waals surface area contributed by atoms with E-state index in [1.165, 1.54) is 0 Å². The third kappa shape index (κ3) is 4.64. The van der Waals surface area contributed by atoms with Crippen molar-refractivity contribution >= 4 is 10.0 Å². The maximum absolute atomic E-state index is 12.6. The highest BCUT2D eigenvalue weighted by Gasteiger charge is 2.25. The number of aryl methyl sites for hydroxylation is 1. The van der Waals surface area contributed by atoms with Crippen molar-refractivity contribution in [1.29, 1.82) is 0 Å². The summed E-state index contributed by atoms with van der Waals surface area (Å²) in [6, 6.07) is 10.7. The molecule has 1 unspecified atom stereocenters. The number of ether oxygens (including phenoxy) is 1. The molecule has 0 amide bonds. The molecule has 1 atom stereocenters. The largest absolute Gasteiger partial charge is 0.379 e. The molecule has 0 spiro atoms. The molecule has 25 heavy (non-hydrogen) atoms. The molecular weight excluding hydrogens is 338 g/mol. The minimum Gasteiger partial charge on any atom is -0.379 e. The van der Waals surface area contributed by atoms with Crippen LogP contribution in [0.5, 0.6) is 0 Å². The fourth-order valence-corrected chi connectivity index (χ4v) is 4.12. The molecule has 7 heteroatoms. The first-order chi connectivity index (χ1) is 12.1. The quantitative estimate of drug-likeness (QED) is 0.849. The SMILES string of the molecule is Cc1cccc(S(=O)(=O)NCC(c2cccnc2)N2CCOCC2)c1. The van der Waals surface area contributed by atoms with Gasteiger partial charge < -0.3 is 4.74 Å². The van der Waals surface area contributed by atoms with E-state index < -0.39 is 10.0 Å². The first-order valence-electron chi connectivity index (χ1n) is 8.34. The number of rotatable bonds is 6. The van der Waals surface area contributed by atoms with Crippen LogP contribution >= 0.6 is 0 Å². The zero-order valence-corrected chi connectivity index (χ0v) is 15.1. The fraction of sp³-hybridized carbons (Fsp3) is 0.389. The van der Waals surface area contributed by atoms with Crippen molar-refractivity contribution in [2.24, 2.45) is 0 Å². The molecule has 2 aromatic rings. The Hall–Kier alpha value is -1.80. The summed E-state index contributed by atoms with van der Waals surface area (Å²) in [6.07, 6.45) is 3.51. The topological polar surface area (TPSA) is 71.5 Å². The van der Waals surface area contributed by atoms with Crippen molar-refractivity contribution in [2.75, 3.05) is 32.8 Å². The van der Waals surface area contributed by atoms with E-state index in [-0.39, 0.29) is 6.04 Å². The second kappa shape index (κ2) is 8.05. The van der Waals surface area contributed by atoms with Crippen LogP contribution in [0.1, 0.15) is 17.2 Å². The van der Waals surface area contributed by atoms with Gasteiger partial charge >= 0.3 is 0 Å². The molecule has 0 radical (unpaired) electrons. The number of aromatic nitrogens is 1. The number of morpholine rings is 1. The number of nitrogens with zero attached hydrogens (tertiary/aromatic N) is 2. The normalized spacial score (nSPS) is 17.3. The van der Waals surface area contributed by atoms with Gasteiger partial charge in [-0.2, -0.15) is 0 Å². The molecular formula is C18H23N3O3S. The number of benzene rings is 1. The average molecular weight is 361 g/mol. The first kappa shape index (κ1) is 18.0. The number of sulfonamides is 1. The molecule has 3 rings (SSSR count). The molecule has 2 heterocycles. The van der Waals surface area contributed by atoms with Crippen LogP contribution in [-0.2, 0) is 14.8 Å². The Labute approximate surface area is 148 Å². The Morgan fingerprint density at radius 2 is 2.04 bits per heavy atom. The predicted octanol–water partition coefficient (Wildman–Crippen LogP) is 1.74. The van der Waals surface area contributed by atoms with E-state index in [9.17, 15) is 8.42 Å². The van der Waals surface area contributed by atoms with Gasteiger partial charge in [0.15, 0.2) is 0 Å². The molecule has 1 aliphatic rings. The van der Waals surface area contributed by atoms with E-state index >= 15 is 0 Å². The molecule has 1 aliphatic heterocycles. The molecule has 0 saturated carbocycles. The lowest BCUT2D eigenvalue weighted by Gasteiger charge is -2.34. The summed E-state index contributed by atoms with van der Waals surface area (Å²) in [5.41, 5.74) is 1.91. The second-order valence-electron chi connectivity index (χ2n) is 6.12.